The number of ether oxygens (including phenoxy) is 1. The first-order valence-electron chi connectivity index (χ1n) is 6.60. The van der Waals surface area contributed by atoms with Crippen molar-refractivity contribution in [3.8, 4) is 0 Å². The molecule has 1 N–H and O–H groups in total. The molecule has 1 fully saturated rings. The number of piperazine rings is 1. The Morgan fingerprint density at radius 1 is 1.28 bits per heavy atom. The molecule has 0 saturated carbocycles. The first-order valence-corrected chi connectivity index (χ1v) is 6.98. The quantitative estimate of drug-likeness (QED) is 0.800. The van der Waals surface area contributed by atoms with Crippen molar-refractivity contribution in [1.82, 2.24) is 10.2 Å². The van der Waals surface area contributed by atoms with Crippen LogP contribution >= 0.6 is 11.6 Å². The molecule has 3 nitrogen and oxygen atoms in total. The van der Waals surface area contributed by atoms with E-state index in [1.54, 1.807) is 0 Å². The lowest BCUT2D eigenvalue weighted by atomic mass is 10.2. The second-order valence-electron chi connectivity index (χ2n) is 4.63. The van der Waals surface area contributed by atoms with Gasteiger partial charge < -0.3 is 15.0 Å². The van der Waals surface area contributed by atoms with Gasteiger partial charge in [-0.2, -0.15) is 0 Å². The lowest BCUT2D eigenvalue weighted by Gasteiger charge is -2.26. The van der Waals surface area contributed by atoms with E-state index in [-0.39, 0.29) is 0 Å². The van der Waals surface area contributed by atoms with Crippen LogP contribution in [0.4, 0.5) is 0 Å². The van der Waals surface area contributed by atoms with Crippen molar-refractivity contribution in [3.63, 3.8) is 0 Å². The Morgan fingerprint density at radius 2 is 2.11 bits per heavy atom. The van der Waals surface area contributed by atoms with Crippen molar-refractivity contribution in [1.29, 1.82) is 0 Å². The zero-order chi connectivity index (χ0) is 12.6. The fourth-order valence-corrected chi connectivity index (χ4v) is 2.35. The molecule has 0 amide bonds. The van der Waals surface area contributed by atoms with Gasteiger partial charge in [0.25, 0.3) is 0 Å². The molecule has 2 rings (SSSR count). The lowest BCUT2D eigenvalue weighted by molar-refractivity contribution is 0.106. The standard InChI is InChI=1S/C14H21ClN2O/c15-14-4-1-3-13(11-14)12-18-10-2-7-17-8-5-16-6-9-17/h1,3-4,11,16H,2,5-10,12H2. The smallest absolute Gasteiger partial charge is 0.0717 e. The number of rotatable bonds is 6. The van der Waals surface area contributed by atoms with Crippen LogP contribution < -0.4 is 5.32 Å². The van der Waals surface area contributed by atoms with Gasteiger partial charge in [-0.3, -0.25) is 0 Å². The number of nitrogens with zero attached hydrogens (tertiary/aromatic N) is 1. The highest BCUT2D eigenvalue weighted by molar-refractivity contribution is 6.30. The molecule has 0 aliphatic carbocycles. The Labute approximate surface area is 114 Å². The van der Waals surface area contributed by atoms with Crippen LogP contribution in [-0.2, 0) is 11.3 Å². The summed E-state index contributed by atoms with van der Waals surface area (Å²) in [7, 11) is 0. The van der Waals surface area contributed by atoms with Crippen LogP contribution in [0.2, 0.25) is 5.02 Å². The van der Waals surface area contributed by atoms with Gasteiger partial charge in [0, 0.05) is 44.4 Å². The van der Waals surface area contributed by atoms with Crippen molar-refractivity contribution in [2.75, 3.05) is 39.3 Å². The van der Waals surface area contributed by atoms with Crippen LogP contribution in [0.15, 0.2) is 24.3 Å². The summed E-state index contributed by atoms with van der Waals surface area (Å²) in [6.07, 6.45) is 1.10. The maximum Gasteiger partial charge on any atom is 0.0717 e. The molecule has 100 valence electrons. The Balaban J connectivity index is 1.55. The van der Waals surface area contributed by atoms with Gasteiger partial charge in [0.05, 0.1) is 6.61 Å². The summed E-state index contributed by atoms with van der Waals surface area (Å²) < 4.78 is 5.66. The monoisotopic (exact) mass is 268 g/mol. The van der Waals surface area contributed by atoms with Crippen LogP contribution in [-0.4, -0.2) is 44.2 Å². The van der Waals surface area contributed by atoms with Gasteiger partial charge in [0.2, 0.25) is 0 Å². The predicted molar refractivity (Wildman–Crippen MR) is 75.0 cm³/mol. The summed E-state index contributed by atoms with van der Waals surface area (Å²) in [6, 6.07) is 7.84. The van der Waals surface area contributed by atoms with Crippen molar-refractivity contribution in [2.24, 2.45) is 0 Å². The van der Waals surface area contributed by atoms with Crippen molar-refractivity contribution in [2.45, 2.75) is 13.0 Å². The first kappa shape index (κ1) is 13.8. The van der Waals surface area contributed by atoms with Crippen LogP contribution in [0.25, 0.3) is 0 Å². The summed E-state index contributed by atoms with van der Waals surface area (Å²) in [5.41, 5.74) is 1.14. The van der Waals surface area contributed by atoms with Gasteiger partial charge in [-0.15, -0.1) is 0 Å². The molecule has 1 aliphatic rings. The summed E-state index contributed by atoms with van der Waals surface area (Å²) >= 11 is 5.92. The Morgan fingerprint density at radius 3 is 2.89 bits per heavy atom. The number of hydrogen-bond donors (Lipinski definition) is 1. The second-order valence-corrected chi connectivity index (χ2v) is 5.06. The van der Waals surface area contributed by atoms with E-state index in [4.69, 9.17) is 16.3 Å². The molecular weight excluding hydrogens is 248 g/mol. The number of halogens is 1. The largest absolute Gasteiger partial charge is 0.377 e. The van der Waals surface area contributed by atoms with Gasteiger partial charge >= 0.3 is 0 Å². The van der Waals surface area contributed by atoms with Gasteiger partial charge in [0.1, 0.15) is 0 Å². The van der Waals surface area contributed by atoms with Gasteiger partial charge in [0.15, 0.2) is 0 Å². The number of benzene rings is 1. The molecular formula is C14H21ClN2O. The maximum atomic E-state index is 5.92. The first-order chi connectivity index (χ1) is 8.84. The SMILES string of the molecule is Clc1cccc(COCCCN2CCNCC2)c1. The lowest BCUT2D eigenvalue weighted by Crippen LogP contribution is -2.43. The Bertz CT molecular complexity index is 353. The molecule has 0 aromatic heterocycles. The van der Waals surface area contributed by atoms with E-state index >= 15 is 0 Å². The highest BCUT2D eigenvalue weighted by Gasteiger charge is 2.08. The van der Waals surface area contributed by atoms with E-state index in [0.29, 0.717) is 6.61 Å². The van der Waals surface area contributed by atoms with Crippen LogP contribution in [0.1, 0.15) is 12.0 Å². The topological polar surface area (TPSA) is 24.5 Å². The summed E-state index contributed by atoms with van der Waals surface area (Å²) in [5, 5.41) is 4.13. The zero-order valence-electron chi connectivity index (χ0n) is 10.7. The molecule has 0 atom stereocenters. The Hall–Kier alpha value is -0.610. The molecule has 1 aliphatic heterocycles. The van der Waals surface area contributed by atoms with Crippen LogP contribution in [0.3, 0.4) is 0 Å². The molecule has 4 heteroatoms. The minimum atomic E-state index is 0.655. The molecule has 18 heavy (non-hydrogen) atoms. The molecule has 0 bridgehead atoms. The molecule has 0 radical (unpaired) electrons. The van der Waals surface area contributed by atoms with Crippen LogP contribution in [0.5, 0.6) is 0 Å². The van der Waals surface area contributed by atoms with Crippen LogP contribution in [0, 0.1) is 0 Å². The third-order valence-corrected chi connectivity index (χ3v) is 3.37. The summed E-state index contributed by atoms with van der Waals surface area (Å²) in [5.74, 6) is 0. The van der Waals surface area contributed by atoms with Gasteiger partial charge in [-0.1, -0.05) is 23.7 Å². The molecule has 0 unspecified atom stereocenters. The number of hydrogen-bond acceptors (Lipinski definition) is 3. The molecule has 1 saturated heterocycles. The fourth-order valence-electron chi connectivity index (χ4n) is 2.14. The fraction of sp³-hybridized carbons (Fsp3) is 0.571. The maximum absolute atomic E-state index is 5.92. The predicted octanol–water partition coefficient (Wildman–Crippen LogP) is 2.15. The third kappa shape index (κ3) is 4.94. The summed E-state index contributed by atoms with van der Waals surface area (Å²) in [6.45, 7) is 7.16. The van der Waals surface area contributed by atoms with Crippen molar-refractivity contribution < 1.29 is 4.74 Å². The highest BCUT2D eigenvalue weighted by atomic mass is 35.5. The normalized spacial score (nSPS) is 16.9. The van der Waals surface area contributed by atoms with Crippen molar-refractivity contribution >= 4 is 11.6 Å². The van der Waals surface area contributed by atoms with Gasteiger partial charge in [-0.05, 0) is 24.1 Å². The molecule has 1 aromatic rings. The van der Waals surface area contributed by atoms with E-state index < -0.39 is 0 Å². The molecule has 1 heterocycles. The summed E-state index contributed by atoms with van der Waals surface area (Å²) in [4.78, 5) is 2.49. The van der Waals surface area contributed by atoms with E-state index in [2.05, 4.69) is 10.2 Å². The zero-order valence-corrected chi connectivity index (χ0v) is 11.5. The average molecular weight is 269 g/mol. The Kier molecular flexibility index (Phi) is 5.94. The van der Waals surface area contributed by atoms with E-state index in [1.165, 1.54) is 0 Å². The second kappa shape index (κ2) is 7.74. The van der Waals surface area contributed by atoms with E-state index in [1.807, 2.05) is 24.3 Å². The highest BCUT2D eigenvalue weighted by Crippen LogP contribution is 2.11. The minimum absolute atomic E-state index is 0.655. The minimum Gasteiger partial charge on any atom is -0.377 e. The average Bonchev–Trinajstić information content (AvgIpc) is 2.40. The third-order valence-electron chi connectivity index (χ3n) is 3.13. The van der Waals surface area contributed by atoms with E-state index in [9.17, 15) is 0 Å². The van der Waals surface area contributed by atoms with E-state index in [0.717, 1.165) is 56.3 Å². The van der Waals surface area contributed by atoms with Crippen molar-refractivity contribution in [3.05, 3.63) is 34.9 Å². The van der Waals surface area contributed by atoms with Gasteiger partial charge in [-0.25, -0.2) is 0 Å². The number of nitrogens with one attached hydrogen (secondary N) is 1. The molecule has 0 spiro atoms. The molecule has 1 aromatic carbocycles.